The van der Waals surface area contributed by atoms with Gasteiger partial charge in [0.2, 0.25) is 0 Å². The van der Waals surface area contributed by atoms with Crippen LogP contribution in [0.2, 0.25) is 0 Å². The highest BCUT2D eigenvalue weighted by Gasteiger charge is 2.19. The Kier molecular flexibility index (Phi) is 8.42. The van der Waals surface area contributed by atoms with Crippen molar-refractivity contribution in [3.05, 3.63) is 70.4 Å². The Morgan fingerprint density at radius 1 is 1.22 bits per heavy atom. The molecular formula is C24H34B2N4O2. The van der Waals surface area contributed by atoms with Gasteiger partial charge in [-0.1, -0.05) is 35.7 Å². The number of aromatic nitrogens is 1. The van der Waals surface area contributed by atoms with Crippen LogP contribution in [0.5, 0.6) is 0 Å². The first-order valence-electron chi connectivity index (χ1n) is 11.3. The average Bonchev–Trinajstić information content (AvgIpc) is 2.80. The topological polar surface area (TPSA) is 72.5 Å². The fraction of sp³-hybridized carbons (Fsp3) is 0.375. The van der Waals surface area contributed by atoms with E-state index in [0.717, 1.165) is 39.0 Å². The van der Waals surface area contributed by atoms with E-state index in [-0.39, 0.29) is 5.56 Å². The van der Waals surface area contributed by atoms with Gasteiger partial charge in [0.25, 0.3) is 5.56 Å². The van der Waals surface area contributed by atoms with Crippen molar-refractivity contribution in [2.24, 2.45) is 0 Å². The van der Waals surface area contributed by atoms with Crippen molar-refractivity contribution in [1.82, 2.24) is 14.8 Å². The lowest BCUT2D eigenvalue weighted by molar-refractivity contribution is 0.190. The summed E-state index contributed by atoms with van der Waals surface area (Å²) in [6.07, 6.45) is 5.59. The number of methoxy groups -OCH3 is 1. The molecule has 0 bridgehead atoms. The lowest BCUT2D eigenvalue weighted by Crippen LogP contribution is -2.43. The van der Waals surface area contributed by atoms with Crippen molar-refractivity contribution < 1.29 is 4.74 Å². The number of anilines is 1. The van der Waals surface area contributed by atoms with Crippen molar-refractivity contribution in [2.45, 2.75) is 32.0 Å². The molecule has 0 atom stereocenters. The Morgan fingerprint density at radius 2 is 1.97 bits per heavy atom. The predicted molar refractivity (Wildman–Crippen MR) is 139 cm³/mol. The third-order valence-electron chi connectivity index (χ3n) is 6.37. The number of rotatable bonds is 9. The van der Waals surface area contributed by atoms with Gasteiger partial charge in [0.1, 0.15) is 21.5 Å². The number of nitrogen functional groups attached to an aromatic ring is 1. The molecular weight excluding hydrogens is 398 g/mol. The van der Waals surface area contributed by atoms with E-state index in [1.165, 1.54) is 22.6 Å². The number of ether oxygens (including phenoxy) is 1. The molecule has 0 amide bonds. The first-order chi connectivity index (χ1) is 15.4. The van der Waals surface area contributed by atoms with Crippen LogP contribution in [0.3, 0.4) is 0 Å². The van der Waals surface area contributed by atoms with Gasteiger partial charge in [0, 0.05) is 37.8 Å². The third kappa shape index (κ3) is 6.17. The van der Waals surface area contributed by atoms with Crippen LogP contribution >= 0.6 is 0 Å². The number of pyridine rings is 1. The van der Waals surface area contributed by atoms with E-state index in [9.17, 15) is 4.79 Å². The molecule has 8 heteroatoms. The molecule has 1 aromatic heterocycles. The monoisotopic (exact) mass is 432 g/mol. The van der Waals surface area contributed by atoms with Crippen LogP contribution in [-0.2, 0) is 17.8 Å². The van der Waals surface area contributed by atoms with Crippen LogP contribution in [0.15, 0.2) is 53.5 Å². The van der Waals surface area contributed by atoms with Crippen molar-refractivity contribution in [2.75, 3.05) is 32.5 Å². The summed E-state index contributed by atoms with van der Waals surface area (Å²) < 4.78 is 7.01. The van der Waals surface area contributed by atoms with Crippen LogP contribution < -0.4 is 27.5 Å². The molecule has 1 fully saturated rings. The summed E-state index contributed by atoms with van der Waals surface area (Å²) >= 11 is 0. The molecule has 1 aromatic carbocycles. The summed E-state index contributed by atoms with van der Waals surface area (Å²) in [5.74, 6) is 0.576. The van der Waals surface area contributed by atoms with Crippen molar-refractivity contribution in [1.29, 1.82) is 0 Å². The van der Waals surface area contributed by atoms with Gasteiger partial charge in [-0.2, -0.15) is 0 Å². The van der Waals surface area contributed by atoms with Crippen LogP contribution in [0.1, 0.15) is 24.1 Å². The zero-order valence-corrected chi connectivity index (χ0v) is 19.6. The van der Waals surface area contributed by atoms with Gasteiger partial charge in [0.15, 0.2) is 0 Å². The van der Waals surface area contributed by atoms with Gasteiger partial charge in [-0.15, -0.1) is 0 Å². The van der Waals surface area contributed by atoms with E-state index in [0.29, 0.717) is 29.7 Å². The third-order valence-corrected chi connectivity index (χ3v) is 6.37. The molecule has 0 saturated carbocycles. The zero-order chi connectivity index (χ0) is 23.1. The van der Waals surface area contributed by atoms with Gasteiger partial charge >= 0.3 is 0 Å². The molecule has 3 N–H and O–H groups in total. The fourth-order valence-corrected chi connectivity index (χ4v) is 4.12. The number of nitrogens with one attached hydrogen (secondary N) is 1. The Balaban J connectivity index is 1.54. The fourth-order valence-electron chi connectivity index (χ4n) is 4.12. The normalized spacial score (nSPS) is 15.6. The standard InChI is InChI=1S/C24H34B2N4O2/c1-3-19(32-2)15-23-22(27)6-7-24(31)30(23)13-12-29-10-8-18(9-11-29)28-16-17-4-5-20(25)21(26)14-17/h3-7,14-15,18,28H,1,8-13,16,25-27H2,2H3/b19-15+. The van der Waals surface area contributed by atoms with E-state index < -0.39 is 0 Å². The van der Waals surface area contributed by atoms with Crippen molar-refractivity contribution >= 4 is 38.4 Å². The number of piperidine rings is 1. The van der Waals surface area contributed by atoms with Crippen molar-refractivity contribution in [3.63, 3.8) is 0 Å². The molecule has 1 saturated heterocycles. The Morgan fingerprint density at radius 3 is 2.62 bits per heavy atom. The van der Waals surface area contributed by atoms with Crippen LogP contribution in [0.4, 0.5) is 5.69 Å². The molecule has 168 valence electrons. The average molecular weight is 432 g/mol. The van der Waals surface area contributed by atoms with E-state index in [2.05, 4.69) is 50.7 Å². The number of nitrogens with zero attached hydrogens (tertiary/aromatic N) is 2. The molecule has 0 unspecified atom stereocenters. The summed E-state index contributed by atoms with van der Waals surface area (Å²) in [7, 11) is 5.89. The highest BCUT2D eigenvalue weighted by Crippen LogP contribution is 2.16. The van der Waals surface area contributed by atoms with Gasteiger partial charge in [-0.25, -0.2) is 0 Å². The maximum Gasteiger partial charge on any atom is 0.251 e. The largest absolute Gasteiger partial charge is 0.497 e. The predicted octanol–water partition coefficient (Wildman–Crippen LogP) is -0.625. The van der Waals surface area contributed by atoms with E-state index in [4.69, 9.17) is 10.5 Å². The summed E-state index contributed by atoms with van der Waals surface area (Å²) in [6, 6.07) is 10.4. The smallest absolute Gasteiger partial charge is 0.251 e. The van der Waals surface area contributed by atoms with Crippen LogP contribution in [0.25, 0.3) is 6.08 Å². The molecule has 1 aliphatic rings. The van der Waals surface area contributed by atoms with E-state index in [1.54, 1.807) is 29.9 Å². The summed E-state index contributed by atoms with van der Waals surface area (Å²) in [5.41, 5.74) is 11.3. The minimum absolute atomic E-state index is 0.0603. The molecule has 32 heavy (non-hydrogen) atoms. The number of nitrogens with two attached hydrogens (primary N) is 1. The molecule has 0 radical (unpaired) electrons. The van der Waals surface area contributed by atoms with Gasteiger partial charge in [-0.05, 0) is 43.6 Å². The minimum Gasteiger partial charge on any atom is -0.497 e. The summed E-state index contributed by atoms with van der Waals surface area (Å²) in [6.45, 7) is 8.08. The number of allylic oxidation sites excluding steroid dienone is 1. The van der Waals surface area contributed by atoms with Gasteiger partial charge in [0.05, 0.1) is 18.5 Å². The second-order valence-corrected chi connectivity index (χ2v) is 8.53. The minimum atomic E-state index is -0.0603. The second kappa shape index (κ2) is 11.2. The number of hydrogen-bond acceptors (Lipinski definition) is 5. The maximum atomic E-state index is 12.5. The molecule has 1 aliphatic heterocycles. The highest BCUT2D eigenvalue weighted by molar-refractivity contribution is 6.48. The Labute approximate surface area is 193 Å². The summed E-state index contributed by atoms with van der Waals surface area (Å²) in [5, 5.41) is 3.71. The lowest BCUT2D eigenvalue weighted by Gasteiger charge is -2.32. The Bertz CT molecular complexity index is 1030. The summed E-state index contributed by atoms with van der Waals surface area (Å²) in [4.78, 5) is 14.9. The SMILES string of the molecule is Bc1ccc(CNC2CCN(CCn3c(/C=C(\C=C)OC)c(N)ccc3=O)CC2)cc1B. The maximum absolute atomic E-state index is 12.5. The zero-order valence-electron chi connectivity index (χ0n) is 19.6. The van der Waals surface area contributed by atoms with Gasteiger partial charge < -0.3 is 25.3 Å². The second-order valence-electron chi connectivity index (χ2n) is 8.53. The highest BCUT2D eigenvalue weighted by atomic mass is 16.5. The lowest BCUT2D eigenvalue weighted by atomic mass is 9.80. The molecule has 2 heterocycles. The first kappa shape index (κ1) is 24.0. The number of benzene rings is 1. The van der Waals surface area contributed by atoms with Gasteiger partial charge in [-0.3, -0.25) is 4.79 Å². The first-order valence-corrected chi connectivity index (χ1v) is 11.3. The van der Waals surface area contributed by atoms with Crippen molar-refractivity contribution in [3.8, 4) is 0 Å². The quantitative estimate of drug-likeness (QED) is 0.314. The molecule has 0 aliphatic carbocycles. The molecule has 0 spiro atoms. The molecule has 2 aromatic rings. The molecule has 6 nitrogen and oxygen atoms in total. The molecule has 3 rings (SSSR count). The Hall–Kier alpha value is -2.70. The van der Waals surface area contributed by atoms with E-state index >= 15 is 0 Å². The number of likely N-dealkylation sites (tertiary alicyclic amines) is 1. The van der Waals surface area contributed by atoms with Crippen LogP contribution in [0, 0.1) is 0 Å². The number of hydrogen-bond donors (Lipinski definition) is 2. The van der Waals surface area contributed by atoms with Crippen LogP contribution in [-0.4, -0.2) is 57.9 Å². The van der Waals surface area contributed by atoms with E-state index in [1.807, 2.05) is 0 Å².